The minimum Gasteiger partial charge on any atom is -0.490 e. The molecule has 0 spiro atoms. The molecule has 0 aliphatic carbocycles. The first-order valence-corrected chi connectivity index (χ1v) is 13.5. The molecule has 6 nitrogen and oxygen atoms in total. The Morgan fingerprint density at radius 3 is 2.46 bits per heavy atom. The second kappa shape index (κ2) is 13.7. The predicted molar refractivity (Wildman–Crippen MR) is 151 cm³/mol. The largest absolute Gasteiger partial charge is 0.490 e. The second-order valence-electron chi connectivity index (χ2n) is 8.56. The number of rotatable bonds is 12. The third-order valence-corrected chi connectivity index (χ3v) is 6.53. The fourth-order valence-corrected chi connectivity index (χ4v) is 4.79. The molecule has 1 amide bonds. The lowest BCUT2D eigenvalue weighted by Gasteiger charge is -2.12. The maximum atomic E-state index is 12.9. The van der Waals surface area contributed by atoms with Crippen molar-refractivity contribution in [1.29, 1.82) is 0 Å². The van der Waals surface area contributed by atoms with E-state index >= 15 is 0 Å². The lowest BCUT2D eigenvalue weighted by Crippen LogP contribution is -2.12. The topological polar surface area (TPSA) is 73.9 Å². The molecule has 0 bridgehead atoms. The molecule has 3 aromatic rings. The van der Waals surface area contributed by atoms with Crippen LogP contribution < -0.4 is 14.8 Å². The van der Waals surface area contributed by atoms with Gasteiger partial charge in [0.1, 0.15) is 10.6 Å². The number of hydrogen-bond donors (Lipinski definition) is 1. The summed E-state index contributed by atoms with van der Waals surface area (Å²) in [5.41, 5.74) is 5.04. The van der Waals surface area contributed by atoms with Crippen LogP contribution in [0.2, 0.25) is 0 Å². The third kappa shape index (κ3) is 7.46. The van der Waals surface area contributed by atoms with Crippen LogP contribution in [-0.2, 0) is 9.53 Å². The average Bonchev–Trinajstić information content (AvgIpc) is 3.27. The van der Waals surface area contributed by atoms with Crippen molar-refractivity contribution in [2.24, 2.45) is 0 Å². The lowest BCUT2D eigenvalue weighted by atomic mass is 9.97. The molecule has 0 radical (unpaired) electrons. The van der Waals surface area contributed by atoms with Crippen molar-refractivity contribution in [3.05, 3.63) is 70.1 Å². The summed E-state index contributed by atoms with van der Waals surface area (Å²) in [7, 11) is 0. The number of amides is 1. The molecule has 0 saturated heterocycles. The summed E-state index contributed by atoms with van der Waals surface area (Å²) in [6.07, 6.45) is 5.16. The summed E-state index contributed by atoms with van der Waals surface area (Å²) in [6.45, 7) is 11.2. The highest BCUT2D eigenvalue weighted by atomic mass is 32.1. The van der Waals surface area contributed by atoms with E-state index in [4.69, 9.17) is 14.2 Å². The summed E-state index contributed by atoms with van der Waals surface area (Å²) in [4.78, 5) is 25.7. The van der Waals surface area contributed by atoms with Gasteiger partial charge in [0.25, 0.3) is 0 Å². The number of thiophene rings is 1. The van der Waals surface area contributed by atoms with E-state index < -0.39 is 5.97 Å². The van der Waals surface area contributed by atoms with Gasteiger partial charge < -0.3 is 19.5 Å². The van der Waals surface area contributed by atoms with Crippen LogP contribution in [0, 0.1) is 13.8 Å². The standard InChI is InChI=1S/C30H35NO5S/c1-6-9-16-36-25-14-11-22(18-26(25)34-7-2)12-15-27(32)31-29-28(30(33)35-8-3)24(19-37-29)23-13-10-20(4)17-21(23)5/h10-15,17-19H,6-9,16H2,1-5H3,(H,31,32)/b15-12+. The van der Waals surface area contributed by atoms with Gasteiger partial charge in [0.05, 0.1) is 19.8 Å². The van der Waals surface area contributed by atoms with Crippen LogP contribution in [0.5, 0.6) is 11.5 Å². The number of carbonyl (C=O) groups excluding carboxylic acids is 2. The average molecular weight is 522 g/mol. The zero-order chi connectivity index (χ0) is 26.8. The molecule has 1 heterocycles. The first-order valence-electron chi connectivity index (χ1n) is 12.6. The summed E-state index contributed by atoms with van der Waals surface area (Å²) in [5.74, 6) is 0.523. The maximum absolute atomic E-state index is 12.9. The van der Waals surface area contributed by atoms with Gasteiger partial charge in [-0.2, -0.15) is 0 Å². The molecule has 3 rings (SSSR count). The normalized spacial score (nSPS) is 10.9. The second-order valence-corrected chi connectivity index (χ2v) is 9.44. The van der Waals surface area contributed by atoms with Crippen LogP contribution in [0.3, 0.4) is 0 Å². The SMILES string of the molecule is CCCCOc1ccc(/C=C/C(=O)Nc2scc(-c3ccc(C)cc3C)c2C(=O)OCC)cc1OCC. The van der Waals surface area contributed by atoms with E-state index in [0.29, 0.717) is 35.3 Å². The highest BCUT2D eigenvalue weighted by Crippen LogP contribution is 2.38. The lowest BCUT2D eigenvalue weighted by molar-refractivity contribution is -0.111. The first-order chi connectivity index (χ1) is 17.9. The number of nitrogens with one attached hydrogen (secondary N) is 1. The fourth-order valence-electron chi connectivity index (χ4n) is 3.84. The molecule has 0 saturated carbocycles. The molecule has 1 aromatic heterocycles. The summed E-state index contributed by atoms with van der Waals surface area (Å²) in [6, 6.07) is 11.6. The number of benzene rings is 2. The zero-order valence-electron chi connectivity index (χ0n) is 22.2. The van der Waals surface area contributed by atoms with E-state index in [2.05, 4.69) is 18.3 Å². The van der Waals surface area contributed by atoms with Gasteiger partial charge in [-0.25, -0.2) is 4.79 Å². The smallest absolute Gasteiger partial charge is 0.341 e. The van der Waals surface area contributed by atoms with Crippen molar-refractivity contribution in [3.63, 3.8) is 0 Å². The van der Waals surface area contributed by atoms with Gasteiger partial charge >= 0.3 is 5.97 Å². The maximum Gasteiger partial charge on any atom is 0.341 e. The molecule has 196 valence electrons. The first kappa shape index (κ1) is 28.0. The Morgan fingerprint density at radius 2 is 1.76 bits per heavy atom. The number of ether oxygens (including phenoxy) is 3. The van der Waals surface area contributed by atoms with E-state index in [1.807, 2.05) is 56.5 Å². The Morgan fingerprint density at radius 1 is 0.946 bits per heavy atom. The number of unbranched alkanes of at least 4 members (excludes halogenated alkanes) is 1. The van der Waals surface area contributed by atoms with Crippen molar-refractivity contribution in [1.82, 2.24) is 0 Å². The summed E-state index contributed by atoms with van der Waals surface area (Å²) < 4.78 is 16.9. The molecule has 0 unspecified atom stereocenters. The van der Waals surface area contributed by atoms with Gasteiger partial charge in [-0.3, -0.25) is 4.79 Å². The number of carbonyl (C=O) groups is 2. The van der Waals surface area contributed by atoms with Crippen molar-refractivity contribution >= 4 is 34.3 Å². The minimum atomic E-state index is -0.460. The Labute approximate surface area is 223 Å². The number of esters is 1. The number of hydrogen-bond acceptors (Lipinski definition) is 6. The van der Waals surface area contributed by atoms with Crippen LogP contribution in [0.15, 0.2) is 47.9 Å². The van der Waals surface area contributed by atoms with E-state index in [9.17, 15) is 9.59 Å². The molecule has 37 heavy (non-hydrogen) atoms. The molecule has 0 aliphatic rings. The van der Waals surface area contributed by atoms with Crippen LogP contribution in [0.25, 0.3) is 17.2 Å². The predicted octanol–water partition coefficient (Wildman–Crippen LogP) is 7.44. The third-order valence-electron chi connectivity index (χ3n) is 5.63. The Kier molecular flexibility index (Phi) is 10.3. The summed E-state index contributed by atoms with van der Waals surface area (Å²) in [5, 5.41) is 5.20. The monoisotopic (exact) mass is 521 g/mol. The molecular weight excluding hydrogens is 486 g/mol. The van der Waals surface area contributed by atoms with E-state index in [1.165, 1.54) is 17.4 Å². The van der Waals surface area contributed by atoms with E-state index in [-0.39, 0.29) is 12.5 Å². The Hall–Kier alpha value is -3.58. The highest BCUT2D eigenvalue weighted by molar-refractivity contribution is 7.15. The van der Waals surface area contributed by atoms with E-state index in [0.717, 1.165) is 40.7 Å². The Balaban J connectivity index is 1.82. The number of anilines is 1. The van der Waals surface area contributed by atoms with Crippen LogP contribution in [0.4, 0.5) is 5.00 Å². The van der Waals surface area contributed by atoms with Crippen molar-refractivity contribution in [2.75, 3.05) is 25.1 Å². The minimum absolute atomic E-state index is 0.245. The molecule has 0 aliphatic heterocycles. The molecule has 2 aromatic carbocycles. The van der Waals surface area contributed by atoms with Gasteiger partial charge in [0, 0.05) is 17.0 Å². The molecule has 1 N–H and O–H groups in total. The quantitative estimate of drug-likeness (QED) is 0.152. The van der Waals surface area contributed by atoms with Gasteiger partial charge in [-0.1, -0.05) is 43.2 Å². The van der Waals surface area contributed by atoms with Crippen LogP contribution >= 0.6 is 11.3 Å². The van der Waals surface area contributed by atoms with Crippen LogP contribution in [0.1, 0.15) is 60.7 Å². The molecule has 0 atom stereocenters. The molecular formula is C30H35NO5S. The Bertz CT molecular complexity index is 1260. The van der Waals surface area contributed by atoms with Crippen molar-refractivity contribution < 1.29 is 23.8 Å². The molecule has 7 heteroatoms. The molecule has 0 fully saturated rings. The number of aryl methyl sites for hydroxylation is 2. The highest BCUT2D eigenvalue weighted by Gasteiger charge is 2.23. The van der Waals surface area contributed by atoms with Crippen molar-refractivity contribution in [3.8, 4) is 22.6 Å². The van der Waals surface area contributed by atoms with Gasteiger partial charge in [0.2, 0.25) is 5.91 Å². The summed E-state index contributed by atoms with van der Waals surface area (Å²) >= 11 is 1.31. The van der Waals surface area contributed by atoms with Gasteiger partial charge in [0.15, 0.2) is 11.5 Å². The zero-order valence-corrected chi connectivity index (χ0v) is 23.0. The van der Waals surface area contributed by atoms with Gasteiger partial charge in [-0.15, -0.1) is 11.3 Å². The fraction of sp³-hybridized carbons (Fsp3) is 0.333. The van der Waals surface area contributed by atoms with Crippen molar-refractivity contribution in [2.45, 2.75) is 47.5 Å². The van der Waals surface area contributed by atoms with E-state index in [1.54, 1.807) is 13.0 Å². The van der Waals surface area contributed by atoms with Gasteiger partial charge in [-0.05, 0) is 69.0 Å². The van der Waals surface area contributed by atoms with Crippen LogP contribution in [-0.4, -0.2) is 31.7 Å².